The van der Waals surface area contributed by atoms with Crippen LogP contribution in [0, 0.1) is 0 Å². The third kappa shape index (κ3) is 5.63. The van der Waals surface area contributed by atoms with Crippen molar-refractivity contribution in [2.24, 2.45) is 0 Å². The monoisotopic (exact) mass is 316 g/mol. The first kappa shape index (κ1) is 18.4. The van der Waals surface area contributed by atoms with Gasteiger partial charge in [0.15, 0.2) is 0 Å². The summed E-state index contributed by atoms with van der Waals surface area (Å²) in [5.41, 5.74) is 2.33. The number of carbonyl (C=O) groups excluding carboxylic acids is 1. The molecule has 2 nitrogen and oxygen atoms in total. The second-order valence-corrected chi connectivity index (χ2v) is 5.67. The summed E-state index contributed by atoms with van der Waals surface area (Å²) in [5.74, 6) is 0.271. The summed E-state index contributed by atoms with van der Waals surface area (Å²) in [6, 6.07) is 20.4. The van der Waals surface area contributed by atoms with Gasteiger partial charge >= 0.3 is 0 Å². The maximum absolute atomic E-state index is 12.6. The largest absolute Gasteiger partial charge is 1.00 e. The zero-order valence-electron chi connectivity index (χ0n) is 13.2. The predicted octanol–water partition coefficient (Wildman–Crippen LogP) is 0.538. The summed E-state index contributed by atoms with van der Waals surface area (Å²) in [5, 5.41) is 0. The zero-order valence-corrected chi connectivity index (χ0v) is 14.0. The lowest BCUT2D eigenvalue weighted by atomic mass is 9.87. The molecule has 0 aromatic heterocycles. The summed E-state index contributed by atoms with van der Waals surface area (Å²) >= 11 is 0. The molecule has 1 unspecified atom stereocenters. The topological polar surface area (TPSA) is 20.3 Å². The van der Waals surface area contributed by atoms with E-state index in [4.69, 9.17) is 0 Å². The van der Waals surface area contributed by atoms with Gasteiger partial charge in [0.1, 0.15) is 5.78 Å². The lowest BCUT2D eigenvalue weighted by molar-refractivity contribution is -0.120. The number of ketones is 1. The van der Waals surface area contributed by atoms with E-state index in [-0.39, 0.29) is 18.3 Å². The Balaban J connectivity index is 0.00000242. The SMILES string of the molecule is CN(C)CCC(=O)C(Cc1ccccc1)c1ccccc1.[Cl-]. The second-order valence-electron chi connectivity index (χ2n) is 5.67. The smallest absolute Gasteiger partial charge is 0.141 e. The number of benzene rings is 2. The summed E-state index contributed by atoms with van der Waals surface area (Å²) in [4.78, 5) is 14.7. The Bertz CT molecular complexity index is 554. The van der Waals surface area contributed by atoms with Crippen LogP contribution in [0.1, 0.15) is 23.5 Å². The van der Waals surface area contributed by atoms with Crippen LogP contribution in [0.2, 0.25) is 0 Å². The van der Waals surface area contributed by atoms with Crippen molar-refractivity contribution in [1.29, 1.82) is 0 Å². The lowest BCUT2D eigenvalue weighted by Crippen LogP contribution is -3.00. The molecule has 0 radical (unpaired) electrons. The highest BCUT2D eigenvalue weighted by atomic mass is 35.5. The maximum atomic E-state index is 12.6. The fourth-order valence-corrected chi connectivity index (χ4v) is 2.46. The van der Waals surface area contributed by atoms with E-state index >= 15 is 0 Å². The van der Waals surface area contributed by atoms with Crippen LogP contribution in [0.3, 0.4) is 0 Å². The fourth-order valence-electron chi connectivity index (χ4n) is 2.46. The normalized spacial score (nSPS) is 11.8. The molecular formula is C19H23ClNO-. The molecule has 0 aliphatic heterocycles. The molecule has 2 aromatic carbocycles. The number of hydrogen-bond acceptors (Lipinski definition) is 2. The molecule has 0 amide bonds. The van der Waals surface area contributed by atoms with Gasteiger partial charge in [-0.05, 0) is 31.6 Å². The first-order valence-electron chi connectivity index (χ1n) is 7.43. The van der Waals surface area contributed by atoms with Crippen LogP contribution < -0.4 is 12.4 Å². The molecule has 1 atom stereocenters. The van der Waals surface area contributed by atoms with E-state index in [9.17, 15) is 4.79 Å². The molecule has 0 N–H and O–H groups in total. The van der Waals surface area contributed by atoms with E-state index in [1.807, 2.05) is 50.5 Å². The molecule has 0 spiro atoms. The minimum Gasteiger partial charge on any atom is -1.00 e. The molecule has 0 saturated heterocycles. The van der Waals surface area contributed by atoms with Crippen LogP contribution in [0.15, 0.2) is 60.7 Å². The van der Waals surface area contributed by atoms with Crippen molar-refractivity contribution >= 4 is 5.78 Å². The maximum Gasteiger partial charge on any atom is 0.141 e. The summed E-state index contributed by atoms with van der Waals surface area (Å²) in [6.07, 6.45) is 1.37. The molecule has 2 aromatic rings. The highest BCUT2D eigenvalue weighted by molar-refractivity contribution is 5.86. The number of hydrogen-bond donors (Lipinski definition) is 0. The molecule has 0 bridgehead atoms. The van der Waals surface area contributed by atoms with Gasteiger partial charge < -0.3 is 17.3 Å². The van der Waals surface area contributed by atoms with E-state index in [1.54, 1.807) is 0 Å². The van der Waals surface area contributed by atoms with E-state index < -0.39 is 0 Å². The molecule has 3 heteroatoms. The van der Waals surface area contributed by atoms with Crippen molar-refractivity contribution in [2.75, 3.05) is 20.6 Å². The highest BCUT2D eigenvalue weighted by Crippen LogP contribution is 2.23. The molecule has 0 aliphatic carbocycles. The van der Waals surface area contributed by atoms with Crippen molar-refractivity contribution in [3.8, 4) is 0 Å². The number of Topliss-reactive ketones (excluding diaryl/α,β-unsaturated/α-hetero) is 1. The molecule has 118 valence electrons. The second kappa shape index (κ2) is 9.39. The molecule has 0 saturated carbocycles. The number of rotatable bonds is 7. The average molecular weight is 317 g/mol. The Hall–Kier alpha value is -1.64. The van der Waals surface area contributed by atoms with Crippen LogP contribution in [-0.4, -0.2) is 31.3 Å². The third-order valence-electron chi connectivity index (χ3n) is 3.68. The minimum absolute atomic E-state index is 0. The van der Waals surface area contributed by atoms with Gasteiger partial charge in [-0.25, -0.2) is 0 Å². The van der Waals surface area contributed by atoms with E-state index in [0.717, 1.165) is 18.5 Å². The number of nitrogens with zero attached hydrogens (tertiary/aromatic N) is 1. The molecule has 22 heavy (non-hydrogen) atoms. The molecular weight excluding hydrogens is 294 g/mol. The van der Waals surface area contributed by atoms with Gasteiger partial charge in [0.2, 0.25) is 0 Å². The van der Waals surface area contributed by atoms with Crippen LogP contribution in [0.25, 0.3) is 0 Å². The van der Waals surface area contributed by atoms with Crippen LogP contribution >= 0.6 is 0 Å². The Labute approximate surface area is 139 Å². The number of halogens is 1. The van der Waals surface area contributed by atoms with Crippen molar-refractivity contribution in [1.82, 2.24) is 4.90 Å². The van der Waals surface area contributed by atoms with Gasteiger partial charge in [0.05, 0.1) is 0 Å². The van der Waals surface area contributed by atoms with Crippen molar-refractivity contribution in [3.05, 3.63) is 71.8 Å². The van der Waals surface area contributed by atoms with Gasteiger partial charge in [0, 0.05) is 18.9 Å². The third-order valence-corrected chi connectivity index (χ3v) is 3.68. The van der Waals surface area contributed by atoms with Gasteiger partial charge in [-0.1, -0.05) is 60.7 Å². The van der Waals surface area contributed by atoms with Gasteiger partial charge in [0.25, 0.3) is 0 Å². The Kier molecular flexibility index (Phi) is 7.86. The minimum atomic E-state index is -0.0476. The summed E-state index contributed by atoms with van der Waals surface area (Å²) in [6.45, 7) is 0.803. The highest BCUT2D eigenvalue weighted by Gasteiger charge is 2.20. The van der Waals surface area contributed by atoms with Gasteiger partial charge in [-0.15, -0.1) is 0 Å². The van der Waals surface area contributed by atoms with Gasteiger partial charge in [-0.3, -0.25) is 4.79 Å². The summed E-state index contributed by atoms with van der Waals surface area (Å²) < 4.78 is 0. The van der Waals surface area contributed by atoms with Crippen molar-refractivity contribution in [3.63, 3.8) is 0 Å². The quantitative estimate of drug-likeness (QED) is 0.743. The van der Waals surface area contributed by atoms with Crippen LogP contribution in [0.5, 0.6) is 0 Å². The Morgan fingerprint density at radius 3 is 2.05 bits per heavy atom. The summed E-state index contributed by atoms with van der Waals surface area (Å²) in [7, 11) is 4.00. The van der Waals surface area contributed by atoms with E-state index in [1.165, 1.54) is 5.56 Å². The first-order chi connectivity index (χ1) is 10.2. The van der Waals surface area contributed by atoms with Crippen LogP contribution in [0.4, 0.5) is 0 Å². The van der Waals surface area contributed by atoms with E-state index in [0.29, 0.717) is 12.2 Å². The fraction of sp³-hybridized carbons (Fsp3) is 0.316. The molecule has 0 aliphatic rings. The zero-order chi connectivity index (χ0) is 15.1. The Morgan fingerprint density at radius 2 is 1.50 bits per heavy atom. The van der Waals surface area contributed by atoms with Crippen molar-refractivity contribution < 1.29 is 17.2 Å². The van der Waals surface area contributed by atoms with Crippen molar-refractivity contribution in [2.45, 2.75) is 18.8 Å². The Morgan fingerprint density at radius 1 is 0.955 bits per heavy atom. The number of carbonyl (C=O) groups is 1. The average Bonchev–Trinajstić information content (AvgIpc) is 2.52. The lowest BCUT2D eigenvalue weighted by Gasteiger charge is -2.18. The van der Waals surface area contributed by atoms with Crippen LogP contribution in [-0.2, 0) is 11.2 Å². The molecule has 0 fully saturated rings. The van der Waals surface area contributed by atoms with Gasteiger partial charge in [-0.2, -0.15) is 0 Å². The molecule has 0 heterocycles. The first-order valence-corrected chi connectivity index (χ1v) is 7.43. The molecule has 2 rings (SSSR count). The van der Waals surface area contributed by atoms with E-state index in [2.05, 4.69) is 29.2 Å². The standard InChI is InChI=1S/C19H23NO.ClH/c1-20(2)14-13-19(21)18(17-11-7-4-8-12-17)15-16-9-5-3-6-10-16;/h3-12,18H,13-15H2,1-2H3;1H/p-1. The predicted molar refractivity (Wildman–Crippen MR) is 87.5 cm³/mol.